The molecule has 104 valence electrons. The van der Waals surface area contributed by atoms with Gasteiger partial charge in [-0.1, -0.05) is 0 Å². The largest absolute Gasteiger partial charge is 0.347 e. The van der Waals surface area contributed by atoms with Crippen LogP contribution in [0.4, 0.5) is 5.69 Å². The first-order valence-electron chi connectivity index (χ1n) is 5.60. The van der Waals surface area contributed by atoms with E-state index < -0.39 is 4.92 Å². The van der Waals surface area contributed by atoms with E-state index in [9.17, 15) is 14.9 Å². The Bertz CT molecular complexity index is 672. The SMILES string of the molecule is Cc1ncsc1CNC(=O)c1cc([N+](=O)[O-])ccc1Br. The molecule has 0 aliphatic heterocycles. The fraction of sp³-hybridized carbons (Fsp3) is 0.167. The van der Waals surface area contributed by atoms with Gasteiger partial charge in [0, 0.05) is 21.5 Å². The summed E-state index contributed by atoms with van der Waals surface area (Å²) in [6.07, 6.45) is 0. The lowest BCUT2D eigenvalue weighted by Gasteiger charge is -2.06. The third-order valence-electron chi connectivity index (χ3n) is 2.66. The Kier molecular flexibility index (Phi) is 4.46. The number of rotatable bonds is 4. The molecule has 6 nitrogen and oxygen atoms in total. The predicted octanol–water partition coefficient (Wildman–Crippen LogP) is 3.05. The van der Waals surface area contributed by atoms with E-state index in [0.29, 0.717) is 11.0 Å². The average molecular weight is 356 g/mol. The van der Waals surface area contributed by atoms with E-state index in [1.54, 1.807) is 5.51 Å². The number of amides is 1. The van der Waals surface area contributed by atoms with Crippen LogP contribution in [0, 0.1) is 17.0 Å². The molecule has 0 atom stereocenters. The summed E-state index contributed by atoms with van der Waals surface area (Å²) in [7, 11) is 0. The Morgan fingerprint density at radius 3 is 2.90 bits per heavy atom. The molecule has 0 aliphatic rings. The van der Waals surface area contributed by atoms with E-state index in [0.717, 1.165) is 10.6 Å². The van der Waals surface area contributed by atoms with Crippen molar-refractivity contribution in [2.45, 2.75) is 13.5 Å². The molecule has 0 unspecified atom stereocenters. The molecule has 20 heavy (non-hydrogen) atoms. The topological polar surface area (TPSA) is 85.1 Å². The van der Waals surface area contributed by atoms with Crippen molar-refractivity contribution >= 4 is 38.9 Å². The molecule has 1 N–H and O–H groups in total. The minimum absolute atomic E-state index is 0.118. The lowest BCUT2D eigenvalue weighted by atomic mass is 10.2. The van der Waals surface area contributed by atoms with Gasteiger partial charge in [0.2, 0.25) is 0 Å². The van der Waals surface area contributed by atoms with Crippen LogP contribution in [-0.4, -0.2) is 15.8 Å². The van der Waals surface area contributed by atoms with Gasteiger partial charge >= 0.3 is 0 Å². The standard InChI is InChI=1S/C12H10BrN3O3S/c1-7-11(20-6-15-7)5-14-12(17)9-4-8(16(18)19)2-3-10(9)13/h2-4,6H,5H2,1H3,(H,14,17). The maximum atomic E-state index is 12.1. The van der Waals surface area contributed by atoms with Gasteiger partial charge < -0.3 is 5.32 Å². The van der Waals surface area contributed by atoms with Gasteiger partial charge in [0.05, 0.1) is 28.2 Å². The van der Waals surface area contributed by atoms with Gasteiger partial charge in [-0.3, -0.25) is 14.9 Å². The van der Waals surface area contributed by atoms with Gasteiger partial charge in [0.25, 0.3) is 11.6 Å². The van der Waals surface area contributed by atoms with Crippen molar-refractivity contribution in [2.24, 2.45) is 0 Å². The van der Waals surface area contributed by atoms with E-state index in [-0.39, 0.29) is 17.2 Å². The Labute approximate surface area is 127 Å². The molecule has 0 saturated heterocycles. The molecule has 0 fully saturated rings. The molecule has 1 amide bonds. The summed E-state index contributed by atoms with van der Waals surface area (Å²) < 4.78 is 0.515. The molecule has 8 heteroatoms. The number of benzene rings is 1. The molecule has 2 aromatic rings. The molecule has 0 radical (unpaired) electrons. The van der Waals surface area contributed by atoms with E-state index in [2.05, 4.69) is 26.2 Å². The van der Waals surface area contributed by atoms with Gasteiger partial charge in [0.15, 0.2) is 0 Å². The van der Waals surface area contributed by atoms with Crippen molar-refractivity contribution in [1.29, 1.82) is 0 Å². The van der Waals surface area contributed by atoms with Crippen LogP contribution in [-0.2, 0) is 6.54 Å². The second-order valence-corrected chi connectivity index (χ2v) is 5.76. The molecule has 0 aliphatic carbocycles. The van der Waals surface area contributed by atoms with Gasteiger partial charge in [-0.15, -0.1) is 11.3 Å². The second-order valence-electron chi connectivity index (χ2n) is 3.96. The summed E-state index contributed by atoms with van der Waals surface area (Å²) in [5, 5.41) is 13.5. The van der Waals surface area contributed by atoms with Crippen LogP contribution >= 0.6 is 27.3 Å². The number of hydrogen-bond acceptors (Lipinski definition) is 5. The number of carbonyl (C=O) groups is 1. The van der Waals surface area contributed by atoms with Gasteiger partial charge in [-0.05, 0) is 28.9 Å². The van der Waals surface area contributed by atoms with Crippen LogP contribution < -0.4 is 5.32 Å². The minimum atomic E-state index is -0.531. The molecule has 2 rings (SSSR count). The number of nitrogens with one attached hydrogen (secondary N) is 1. The van der Waals surface area contributed by atoms with Gasteiger partial charge in [-0.25, -0.2) is 4.98 Å². The van der Waals surface area contributed by atoms with E-state index in [1.165, 1.54) is 29.5 Å². The van der Waals surface area contributed by atoms with E-state index >= 15 is 0 Å². The lowest BCUT2D eigenvalue weighted by Crippen LogP contribution is -2.23. The number of non-ortho nitro benzene ring substituents is 1. The Hall–Kier alpha value is -1.80. The molecule has 1 heterocycles. The van der Waals surface area contributed by atoms with E-state index in [1.807, 2.05) is 6.92 Å². The number of hydrogen-bond donors (Lipinski definition) is 1. The highest BCUT2D eigenvalue weighted by atomic mass is 79.9. The quantitative estimate of drug-likeness (QED) is 0.674. The molecular formula is C12H10BrN3O3S. The molecule has 0 saturated carbocycles. The van der Waals surface area contributed by atoms with Crippen molar-refractivity contribution in [3.63, 3.8) is 0 Å². The summed E-state index contributed by atoms with van der Waals surface area (Å²) in [6, 6.07) is 4.08. The zero-order chi connectivity index (χ0) is 14.7. The van der Waals surface area contributed by atoms with Crippen molar-refractivity contribution < 1.29 is 9.72 Å². The molecule has 0 spiro atoms. The number of carbonyl (C=O) groups excluding carboxylic acids is 1. The average Bonchev–Trinajstić information content (AvgIpc) is 2.81. The summed E-state index contributed by atoms with van der Waals surface area (Å²) in [5.41, 5.74) is 2.70. The van der Waals surface area contributed by atoms with Crippen LogP contribution in [0.5, 0.6) is 0 Å². The number of nitrogens with zero attached hydrogens (tertiary/aromatic N) is 2. The van der Waals surface area contributed by atoms with Crippen molar-refractivity contribution in [3.05, 3.63) is 54.4 Å². The second kappa shape index (κ2) is 6.10. The lowest BCUT2D eigenvalue weighted by molar-refractivity contribution is -0.384. The summed E-state index contributed by atoms with van der Waals surface area (Å²) in [5.74, 6) is -0.367. The monoisotopic (exact) mass is 355 g/mol. The first kappa shape index (κ1) is 14.6. The van der Waals surface area contributed by atoms with Crippen LogP contribution in [0.2, 0.25) is 0 Å². The number of thiazole rings is 1. The van der Waals surface area contributed by atoms with Crippen LogP contribution in [0.1, 0.15) is 20.9 Å². The third kappa shape index (κ3) is 3.20. The zero-order valence-electron chi connectivity index (χ0n) is 10.4. The number of aryl methyl sites for hydroxylation is 1. The molecule has 1 aromatic heterocycles. The van der Waals surface area contributed by atoms with Crippen LogP contribution in [0.25, 0.3) is 0 Å². The summed E-state index contributed by atoms with van der Waals surface area (Å²) in [4.78, 5) is 27.3. The minimum Gasteiger partial charge on any atom is -0.347 e. The highest BCUT2D eigenvalue weighted by molar-refractivity contribution is 9.10. The number of nitro groups is 1. The highest BCUT2D eigenvalue weighted by Gasteiger charge is 2.15. The first-order chi connectivity index (χ1) is 9.49. The Balaban J connectivity index is 2.15. The Morgan fingerprint density at radius 2 is 2.30 bits per heavy atom. The molecule has 1 aromatic carbocycles. The summed E-state index contributed by atoms with van der Waals surface area (Å²) >= 11 is 4.67. The number of halogens is 1. The third-order valence-corrected chi connectivity index (χ3v) is 4.29. The van der Waals surface area contributed by atoms with E-state index in [4.69, 9.17) is 0 Å². The van der Waals surface area contributed by atoms with Gasteiger partial charge in [0.1, 0.15) is 0 Å². The predicted molar refractivity (Wildman–Crippen MR) is 78.8 cm³/mol. The normalized spacial score (nSPS) is 10.3. The smallest absolute Gasteiger partial charge is 0.270 e. The van der Waals surface area contributed by atoms with Crippen molar-refractivity contribution in [2.75, 3.05) is 0 Å². The molecular weight excluding hydrogens is 346 g/mol. The number of nitro benzene ring substituents is 1. The fourth-order valence-corrected chi connectivity index (χ4v) is 2.70. The van der Waals surface area contributed by atoms with Crippen LogP contribution in [0.3, 0.4) is 0 Å². The fourth-order valence-electron chi connectivity index (χ4n) is 1.55. The first-order valence-corrected chi connectivity index (χ1v) is 7.27. The Morgan fingerprint density at radius 1 is 1.55 bits per heavy atom. The molecule has 0 bridgehead atoms. The maximum absolute atomic E-state index is 12.1. The maximum Gasteiger partial charge on any atom is 0.270 e. The van der Waals surface area contributed by atoms with Crippen LogP contribution in [0.15, 0.2) is 28.2 Å². The van der Waals surface area contributed by atoms with Crippen molar-refractivity contribution in [1.82, 2.24) is 10.3 Å². The van der Waals surface area contributed by atoms with Gasteiger partial charge in [-0.2, -0.15) is 0 Å². The van der Waals surface area contributed by atoms with Crippen molar-refractivity contribution in [3.8, 4) is 0 Å². The highest BCUT2D eigenvalue weighted by Crippen LogP contribution is 2.22. The zero-order valence-corrected chi connectivity index (χ0v) is 12.8. The summed E-state index contributed by atoms with van der Waals surface area (Å²) in [6.45, 7) is 2.21. The number of aromatic nitrogens is 1.